The molecule has 12 nitrogen and oxygen atoms in total. The van der Waals surface area contributed by atoms with Crippen LogP contribution >= 0.6 is 11.6 Å². The average Bonchev–Trinajstić information content (AvgIpc) is 3.68. The highest BCUT2D eigenvalue weighted by molar-refractivity contribution is 6.76. The molecule has 0 saturated heterocycles. The Morgan fingerprint density at radius 2 is 1.69 bits per heavy atom. The molecule has 0 radical (unpaired) electrons. The fourth-order valence-electron chi connectivity index (χ4n) is 5.29. The summed E-state index contributed by atoms with van der Waals surface area (Å²) in [5.41, 5.74) is 2.42. The Kier molecular flexibility index (Phi) is 14.1. The first-order valence-corrected chi connectivity index (χ1v) is 25.5. The van der Waals surface area contributed by atoms with Crippen molar-refractivity contribution < 1.29 is 28.5 Å². The van der Waals surface area contributed by atoms with E-state index in [1.54, 1.807) is 24.4 Å². The van der Waals surface area contributed by atoms with Crippen LogP contribution < -0.4 is 9.64 Å². The normalized spacial score (nSPS) is 15.2. The number of aromatic nitrogens is 4. The third-order valence-electron chi connectivity index (χ3n) is 8.17. The molecular formula is C36H57ClN6O6Si2. The summed E-state index contributed by atoms with van der Waals surface area (Å²) in [7, 11) is -1.03. The maximum Gasteiger partial charge on any atom is 0.414 e. The molecule has 1 unspecified atom stereocenters. The zero-order valence-electron chi connectivity index (χ0n) is 32.1. The van der Waals surface area contributed by atoms with Crippen LogP contribution in [0, 0.1) is 0 Å². The van der Waals surface area contributed by atoms with Gasteiger partial charge in [-0.15, -0.1) is 0 Å². The predicted molar refractivity (Wildman–Crippen MR) is 208 cm³/mol. The van der Waals surface area contributed by atoms with Crippen LogP contribution in [-0.4, -0.2) is 98.9 Å². The highest BCUT2D eigenvalue weighted by atomic mass is 35.5. The molecule has 0 aromatic carbocycles. The Bertz CT molecular complexity index is 1610. The lowest BCUT2D eigenvalue weighted by Gasteiger charge is -2.28. The van der Waals surface area contributed by atoms with Crippen molar-refractivity contribution in [2.75, 3.05) is 45.5 Å². The number of carbonyl (C=O) groups excluding carboxylic acids is 1. The molecule has 51 heavy (non-hydrogen) atoms. The molecule has 0 fully saturated rings. The molecule has 1 atom stereocenters. The first-order chi connectivity index (χ1) is 23.9. The number of pyridine rings is 1. The minimum absolute atomic E-state index is 0.0346. The highest BCUT2D eigenvalue weighted by Crippen LogP contribution is 2.33. The second-order valence-electron chi connectivity index (χ2n) is 16.4. The van der Waals surface area contributed by atoms with Crippen molar-refractivity contribution in [1.82, 2.24) is 24.5 Å². The molecule has 4 rings (SSSR count). The van der Waals surface area contributed by atoms with Gasteiger partial charge in [-0.25, -0.2) is 14.8 Å². The monoisotopic (exact) mass is 760 g/mol. The third kappa shape index (κ3) is 12.6. The van der Waals surface area contributed by atoms with E-state index >= 15 is 0 Å². The SMILES string of the molecule is COCOc1cc(-c2cnn3c(N(COCC[Si](C)(C)C)COCC[Si](C)(C)C)cc(CCC4CC=CN4C(=O)OC(C)(C)C)nc23)cnc1Cl. The summed E-state index contributed by atoms with van der Waals surface area (Å²) < 4.78 is 30.9. The van der Waals surface area contributed by atoms with Crippen LogP contribution in [0.3, 0.4) is 0 Å². The summed E-state index contributed by atoms with van der Waals surface area (Å²) >= 11 is 6.35. The average molecular weight is 762 g/mol. The zero-order chi connectivity index (χ0) is 37.4. The molecule has 0 bridgehead atoms. The molecule has 3 aromatic rings. The number of carbonyl (C=O) groups is 1. The number of amides is 1. The minimum atomic E-state index is -1.29. The Balaban J connectivity index is 1.71. The van der Waals surface area contributed by atoms with Crippen molar-refractivity contribution in [3.63, 3.8) is 0 Å². The van der Waals surface area contributed by atoms with Crippen LogP contribution in [0.5, 0.6) is 5.75 Å². The molecule has 0 saturated carbocycles. The van der Waals surface area contributed by atoms with Crippen LogP contribution in [0.25, 0.3) is 16.8 Å². The first kappa shape index (κ1) is 40.7. The smallest absolute Gasteiger partial charge is 0.414 e. The number of nitrogens with zero attached hydrogens (tertiary/aromatic N) is 6. The Morgan fingerprint density at radius 3 is 2.29 bits per heavy atom. The van der Waals surface area contributed by atoms with Crippen LogP contribution in [0.1, 0.15) is 39.3 Å². The van der Waals surface area contributed by atoms with Gasteiger partial charge in [0.05, 0.1) is 6.20 Å². The van der Waals surface area contributed by atoms with Crippen molar-refractivity contribution in [1.29, 1.82) is 0 Å². The number of aryl methyl sites for hydroxylation is 1. The van der Waals surface area contributed by atoms with E-state index in [1.807, 2.05) is 43.6 Å². The van der Waals surface area contributed by atoms with Gasteiger partial charge in [-0.05, 0) is 58.2 Å². The van der Waals surface area contributed by atoms with Gasteiger partial charge >= 0.3 is 6.09 Å². The largest absolute Gasteiger partial charge is 0.464 e. The van der Waals surface area contributed by atoms with Crippen molar-refractivity contribution in [2.45, 2.75) is 103 Å². The summed E-state index contributed by atoms with van der Waals surface area (Å²) in [5, 5.41) is 5.06. The lowest BCUT2D eigenvalue weighted by molar-refractivity contribution is 0.0282. The second-order valence-corrected chi connectivity index (χ2v) is 28.0. The van der Waals surface area contributed by atoms with E-state index in [4.69, 9.17) is 45.4 Å². The Hall–Kier alpha value is -3.02. The van der Waals surface area contributed by atoms with E-state index in [9.17, 15) is 4.79 Å². The number of hydrogen-bond donors (Lipinski definition) is 0. The fourth-order valence-corrected chi connectivity index (χ4v) is 6.96. The number of fused-ring (bicyclic) bond motifs is 1. The number of rotatable bonds is 18. The Labute approximate surface area is 310 Å². The Morgan fingerprint density at radius 1 is 1.02 bits per heavy atom. The molecule has 1 aliphatic heterocycles. The predicted octanol–water partition coefficient (Wildman–Crippen LogP) is 8.31. The van der Waals surface area contributed by atoms with E-state index in [0.717, 1.165) is 41.1 Å². The van der Waals surface area contributed by atoms with Crippen molar-refractivity contribution in [3.8, 4) is 16.9 Å². The second kappa shape index (κ2) is 17.7. The lowest BCUT2D eigenvalue weighted by Crippen LogP contribution is -2.38. The minimum Gasteiger partial charge on any atom is -0.464 e. The number of methoxy groups -OCH3 is 1. The van der Waals surface area contributed by atoms with E-state index < -0.39 is 21.7 Å². The number of anilines is 1. The lowest BCUT2D eigenvalue weighted by atomic mass is 10.1. The van der Waals surface area contributed by atoms with Gasteiger partial charge in [-0.2, -0.15) is 9.61 Å². The van der Waals surface area contributed by atoms with Gasteiger partial charge in [0.2, 0.25) is 0 Å². The molecule has 0 aliphatic carbocycles. The van der Waals surface area contributed by atoms with Gasteiger partial charge in [0.1, 0.15) is 24.9 Å². The summed E-state index contributed by atoms with van der Waals surface area (Å²) in [5.74, 6) is 1.20. The van der Waals surface area contributed by atoms with E-state index in [0.29, 0.717) is 50.9 Å². The van der Waals surface area contributed by atoms with Crippen LogP contribution in [0.15, 0.2) is 36.8 Å². The summed E-state index contributed by atoms with van der Waals surface area (Å²) in [4.78, 5) is 26.3. The molecular weight excluding hydrogens is 704 g/mol. The molecule has 282 valence electrons. The number of halogens is 1. The van der Waals surface area contributed by atoms with Crippen LogP contribution in [-0.2, 0) is 25.4 Å². The van der Waals surface area contributed by atoms with Crippen LogP contribution in [0.2, 0.25) is 56.5 Å². The molecule has 15 heteroatoms. The topological polar surface area (TPSA) is 113 Å². The van der Waals surface area contributed by atoms with Gasteiger partial charge in [-0.3, -0.25) is 4.90 Å². The summed E-state index contributed by atoms with van der Waals surface area (Å²) in [6.45, 7) is 21.7. The van der Waals surface area contributed by atoms with E-state index in [-0.39, 0.29) is 24.1 Å². The van der Waals surface area contributed by atoms with Crippen molar-refractivity contribution in [3.05, 3.63) is 47.6 Å². The van der Waals surface area contributed by atoms with Gasteiger partial charge < -0.3 is 28.6 Å². The maximum absolute atomic E-state index is 13.0. The quantitative estimate of drug-likeness (QED) is 0.0543. The summed E-state index contributed by atoms with van der Waals surface area (Å²) in [6.07, 6.45) is 9.01. The molecule has 0 spiro atoms. The van der Waals surface area contributed by atoms with Crippen molar-refractivity contribution in [2.24, 2.45) is 0 Å². The molecule has 1 amide bonds. The molecule has 0 N–H and O–H groups in total. The summed E-state index contributed by atoms with van der Waals surface area (Å²) in [6, 6.07) is 5.94. The maximum atomic E-state index is 13.0. The highest BCUT2D eigenvalue weighted by Gasteiger charge is 2.29. The van der Waals surface area contributed by atoms with Crippen molar-refractivity contribution >= 4 is 45.3 Å². The fraction of sp³-hybridized carbons (Fsp3) is 0.611. The van der Waals surface area contributed by atoms with Gasteiger partial charge in [0.25, 0.3) is 0 Å². The van der Waals surface area contributed by atoms with Gasteiger partial charge in [0, 0.05) is 77.8 Å². The number of hydrogen-bond acceptors (Lipinski definition) is 10. The first-order valence-electron chi connectivity index (χ1n) is 17.7. The zero-order valence-corrected chi connectivity index (χ0v) is 34.9. The molecule has 4 heterocycles. The third-order valence-corrected chi connectivity index (χ3v) is 11.9. The van der Waals surface area contributed by atoms with Gasteiger partial charge in [-0.1, -0.05) is 57.0 Å². The van der Waals surface area contributed by atoms with Crippen LogP contribution in [0.4, 0.5) is 10.6 Å². The molecule has 1 aliphatic rings. The van der Waals surface area contributed by atoms with Gasteiger partial charge in [0.15, 0.2) is 23.3 Å². The van der Waals surface area contributed by atoms with E-state index in [2.05, 4.69) is 55.2 Å². The molecule has 3 aromatic heterocycles. The van der Waals surface area contributed by atoms with E-state index in [1.165, 1.54) is 0 Å². The number of ether oxygens (including phenoxy) is 5. The standard InChI is InChI=1S/C36H57ClN6O6Si2/c1-36(2,3)49-35(44)42-15-11-12-29(42)14-13-28-21-32(41(24-46-16-18-50(5,6)7)25-47-17-19-51(8,9)10)43-34(40-28)30(23-39-43)27-20-31(48-26-45-4)33(37)38-22-27/h11,15,20-23,29H,12-14,16-19,24-26H2,1-10H3.